The summed E-state index contributed by atoms with van der Waals surface area (Å²) in [5.74, 6) is -2.47. The van der Waals surface area contributed by atoms with E-state index < -0.39 is 17.5 Å². The lowest BCUT2D eigenvalue weighted by Gasteiger charge is -2.18. The molecule has 3 N–H and O–H groups in total. The lowest BCUT2D eigenvalue weighted by molar-refractivity contribution is -0.137. The third kappa shape index (κ3) is 5.95. The fourth-order valence-electron chi connectivity index (χ4n) is 4.19. The second-order valence-electron chi connectivity index (χ2n) is 8.47. The van der Waals surface area contributed by atoms with Crippen molar-refractivity contribution >= 4 is 50.2 Å². The van der Waals surface area contributed by atoms with Crippen LogP contribution in [0.3, 0.4) is 0 Å². The number of hydrogen-bond donors (Lipinski definition) is 3. The Morgan fingerprint density at radius 3 is 2.22 bits per heavy atom. The van der Waals surface area contributed by atoms with E-state index in [9.17, 15) is 24.3 Å². The van der Waals surface area contributed by atoms with Gasteiger partial charge in [-0.1, -0.05) is 58.4 Å². The first-order valence-electron chi connectivity index (χ1n) is 11.5. The standard InChI is InChI=1S/C28H23BrN2O6/c29-19-11-14-21-22(15-19)25(18-5-2-1-3-6-18)26(28(36)37)31(27(21)35)16-17-9-12-20(13-10-17)30-23(32)7-4-8-24(33)34/h1-3,5-6,9-15H,4,7-8,16H2,(H,30,32)(H,33,34)(H,36,37). The Morgan fingerprint density at radius 2 is 1.57 bits per heavy atom. The lowest BCUT2D eigenvalue weighted by Crippen LogP contribution is -2.28. The monoisotopic (exact) mass is 562 g/mol. The van der Waals surface area contributed by atoms with Gasteiger partial charge < -0.3 is 15.5 Å². The molecule has 0 saturated carbocycles. The molecule has 0 atom stereocenters. The zero-order valence-corrected chi connectivity index (χ0v) is 21.2. The number of aromatic carboxylic acids is 1. The van der Waals surface area contributed by atoms with Crippen molar-refractivity contribution < 1.29 is 24.6 Å². The predicted octanol–water partition coefficient (Wildman–Crippen LogP) is 5.37. The number of carbonyl (C=O) groups excluding carboxylic acids is 1. The number of anilines is 1. The summed E-state index contributed by atoms with van der Waals surface area (Å²) in [6, 6.07) is 21.0. The number of halogens is 1. The van der Waals surface area contributed by atoms with E-state index in [1.54, 1.807) is 42.5 Å². The summed E-state index contributed by atoms with van der Waals surface area (Å²) in [5, 5.41) is 22.6. The fraction of sp³-hybridized carbons (Fsp3) is 0.143. The van der Waals surface area contributed by atoms with Crippen molar-refractivity contribution in [3.8, 4) is 11.1 Å². The van der Waals surface area contributed by atoms with E-state index in [4.69, 9.17) is 5.11 Å². The molecule has 0 saturated heterocycles. The molecule has 188 valence electrons. The van der Waals surface area contributed by atoms with Gasteiger partial charge in [0, 0.05) is 34.0 Å². The minimum absolute atomic E-state index is 0.0130. The lowest BCUT2D eigenvalue weighted by atomic mass is 9.96. The quantitative estimate of drug-likeness (QED) is 0.252. The molecule has 0 aliphatic heterocycles. The Hall–Kier alpha value is -4.24. The maximum Gasteiger partial charge on any atom is 0.353 e. The van der Waals surface area contributed by atoms with E-state index in [0.717, 1.165) is 4.47 Å². The smallest absolute Gasteiger partial charge is 0.353 e. The summed E-state index contributed by atoms with van der Waals surface area (Å²) in [6.45, 7) is 0.0130. The Bertz CT molecular complexity index is 1550. The van der Waals surface area contributed by atoms with E-state index >= 15 is 0 Å². The van der Waals surface area contributed by atoms with Crippen molar-refractivity contribution in [3.05, 3.63) is 98.9 Å². The summed E-state index contributed by atoms with van der Waals surface area (Å²) in [4.78, 5) is 48.7. The topological polar surface area (TPSA) is 126 Å². The minimum Gasteiger partial charge on any atom is -0.481 e. The van der Waals surface area contributed by atoms with E-state index in [1.165, 1.54) is 4.57 Å². The Morgan fingerprint density at radius 1 is 0.865 bits per heavy atom. The van der Waals surface area contributed by atoms with E-state index in [-0.39, 0.29) is 37.4 Å². The van der Waals surface area contributed by atoms with Gasteiger partial charge in [0.25, 0.3) is 5.56 Å². The number of hydrogen-bond acceptors (Lipinski definition) is 4. The number of carboxylic acid groups (broad SMARTS) is 2. The number of rotatable bonds is 9. The van der Waals surface area contributed by atoms with E-state index in [0.29, 0.717) is 33.2 Å². The van der Waals surface area contributed by atoms with E-state index in [1.807, 2.05) is 30.3 Å². The van der Waals surface area contributed by atoms with Gasteiger partial charge in [0.1, 0.15) is 5.69 Å². The normalized spacial score (nSPS) is 10.8. The third-order valence-corrected chi connectivity index (χ3v) is 6.36. The molecule has 1 heterocycles. The zero-order valence-electron chi connectivity index (χ0n) is 19.6. The van der Waals surface area contributed by atoms with Crippen molar-refractivity contribution in [1.82, 2.24) is 4.57 Å². The Kier molecular flexibility index (Phi) is 7.83. The predicted molar refractivity (Wildman–Crippen MR) is 144 cm³/mol. The molecule has 0 aliphatic rings. The zero-order chi connectivity index (χ0) is 26.5. The maximum absolute atomic E-state index is 13.5. The molecule has 8 nitrogen and oxygen atoms in total. The summed E-state index contributed by atoms with van der Waals surface area (Å²) >= 11 is 3.43. The van der Waals surface area contributed by atoms with Crippen LogP contribution in [0.2, 0.25) is 0 Å². The van der Waals surface area contributed by atoms with Crippen LogP contribution in [-0.4, -0.2) is 32.6 Å². The van der Waals surface area contributed by atoms with Crippen LogP contribution in [0.15, 0.2) is 82.1 Å². The summed E-state index contributed by atoms with van der Waals surface area (Å²) in [7, 11) is 0. The van der Waals surface area contributed by atoms with E-state index in [2.05, 4.69) is 21.2 Å². The fourth-order valence-corrected chi connectivity index (χ4v) is 4.55. The van der Waals surface area contributed by atoms with Crippen LogP contribution < -0.4 is 10.9 Å². The van der Waals surface area contributed by atoms with Gasteiger partial charge in [0.2, 0.25) is 5.91 Å². The van der Waals surface area contributed by atoms with Gasteiger partial charge in [-0.25, -0.2) is 4.79 Å². The largest absolute Gasteiger partial charge is 0.481 e. The summed E-state index contributed by atoms with van der Waals surface area (Å²) in [6.07, 6.45) is 0.240. The van der Waals surface area contributed by atoms with Crippen LogP contribution in [0.4, 0.5) is 5.69 Å². The first kappa shape index (κ1) is 25.8. The van der Waals surface area contributed by atoms with Gasteiger partial charge in [-0.2, -0.15) is 0 Å². The van der Waals surface area contributed by atoms with Gasteiger partial charge in [-0.15, -0.1) is 0 Å². The molecular weight excluding hydrogens is 540 g/mol. The first-order chi connectivity index (χ1) is 17.7. The van der Waals surface area contributed by atoms with Crippen LogP contribution in [-0.2, 0) is 16.1 Å². The second kappa shape index (κ2) is 11.2. The highest BCUT2D eigenvalue weighted by molar-refractivity contribution is 9.10. The molecule has 0 bridgehead atoms. The number of carbonyl (C=O) groups is 3. The third-order valence-electron chi connectivity index (χ3n) is 5.87. The number of nitrogens with zero attached hydrogens (tertiary/aromatic N) is 1. The number of fused-ring (bicyclic) bond motifs is 1. The highest BCUT2D eigenvalue weighted by Crippen LogP contribution is 2.33. The van der Waals surface area contributed by atoms with Gasteiger partial charge in [0.15, 0.2) is 0 Å². The maximum atomic E-state index is 13.5. The molecule has 4 rings (SSSR count). The SMILES string of the molecule is O=C(O)CCCC(=O)Nc1ccc(Cn2c(C(=O)O)c(-c3ccccc3)c3cc(Br)ccc3c2=O)cc1. The van der Waals surface area contributed by atoms with Gasteiger partial charge in [-0.3, -0.25) is 19.0 Å². The number of aliphatic carboxylic acids is 1. The molecule has 9 heteroatoms. The number of pyridine rings is 1. The molecule has 0 radical (unpaired) electrons. The van der Waals surface area contributed by atoms with Crippen LogP contribution in [0.25, 0.3) is 21.9 Å². The van der Waals surface area contributed by atoms with Crippen LogP contribution in [0.5, 0.6) is 0 Å². The van der Waals surface area contributed by atoms with Crippen LogP contribution in [0, 0.1) is 0 Å². The Labute approximate surface area is 220 Å². The molecule has 3 aromatic carbocycles. The minimum atomic E-state index is -1.22. The van der Waals surface area contributed by atoms with Crippen LogP contribution >= 0.6 is 15.9 Å². The molecule has 0 aliphatic carbocycles. The highest BCUT2D eigenvalue weighted by Gasteiger charge is 2.23. The average molecular weight is 563 g/mol. The Balaban J connectivity index is 1.72. The number of benzene rings is 3. The van der Waals surface area contributed by atoms with Crippen molar-refractivity contribution in [2.24, 2.45) is 0 Å². The molecule has 4 aromatic rings. The number of amides is 1. The van der Waals surface area contributed by atoms with Gasteiger partial charge in [-0.05, 0) is 53.3 Å². The van der Waals surface area contributed by atoms with Crippen molar-refractivity contribution in [2.75, 3.05) is 5.32 Å². The molecular formula is C28H23BrN2O6. The number of carboxylic acids is 2. The summed E-state index contributed by atoms with van der Waals surface area (Å²) < 4.78 is 1.99. The second-order valence-corrected chi connectivity index (χ2v) is 9.38. The molecule has 0 unspecified atom stereocenters. The molecule has 1 amide bonds. The summed E-state index contributed by atoms with van der Waals surface area (Å²) in [5.41, 5.74) is 1.78. The average Bonchev–Trinajstić information content (AvgIpc) is 2.86. The highest BCUT2D eigenvalue weighted by atomic mass is 79.9. The first-order valence-corrected chi connectivity index (χ1v) is 12.3. The van der Waals surface area contributed by atoms with Crippen LogP contribution in [0.1, 0.15) is 35.3 Å². The molecule has 0 fully saturated rings. The number of nitrogens with one attached hydrogen (secondary N) is 1. The van der Waals surface area contributed by atoms with Crippen molar-refractivity contribution in [2.45, 2.75) is 25.8 Å². The molecule has 1 aromatic heterocycles. The van der Waals surface area contributed by atoms with Gasteiger partial charge >= 0.3 is 11.9 Å². The molecule has 0 spiro atoms. The van der Waals surface area contributed by atoms with Gasteiger partial charge in [0.05, 0.1) is 6.54 Å². The van der Waals surface area contributed by atoms with Crippen molar-refractivity contribution in [3.63, 3.8) is 0 Å². The van der Waals surface area contributed by atoms with Crippen molar-refractivity contribution in [1.29, 1.82) is 0 Å². The number of aromatic nitrogens is 1. The molecule has 37 heavy (non-hydrogen) atoms.